The van der Waals surface area contributed by atoms with Gasteiger partial charge in [-0.05, 0) is 41.5 Å². The van der Waals surface area contributed by atoms with E-state index in [9.17, 15) is 8.42 Å². The van der Waals surface area contributed by atoms with Gasteiger partial charge < -0.3 is 4.74 Å². The van der Waals surface area contributed by atoms with Crippen LogP contribution in [-0.4, -0.2) is 39.1 Å². The van der Waals surface area contributed by atoms with Crippen LogP contribution in [0.2, 0.25) is 0 Å². The molecule has 0 amide bonds. The molecule has 0 saturated carbocycles. The molecule has 29 heavy (non-hydrogen) atoms. The first-order chi connectivity index (χ1) is 13.7. The van der Waals surface area contributed by atoms with Crippen molar-refractivity contribution < 1.29 is 13.2 Å². The van der Waals surface area contributed by atoms with E-state index < -0.39 is 10.0 Å². The van der Waals surface area contributed by atoms with Crippen molar-refractivity contribution in [3.05, 3.63) is 53.6 Å². The summed E-state index contributed by atoms with van der Waals surface area (Å²) in [5.74, 6) is 0.508. The van der Waals surface area contributed by atoms with Crippen LogP contribution in [0.5, 0.6) is 5.75 Å². The lowest BCUT2D eigenvalue weighted by Gasteiger charge is -2.26. The SMILES string of the molecule is COc1ccc(N=Cc2ccc(C(C)(C)C)cc2)c(S(=O)(=O)N2CCCCC2)c1. The van der Waals surface area contributed by atoms with Gasteiger partial charge in [-0.2, -0.15) is 4.31 Å². The van der Waals surface area contributed by atoms with E-state index in [1.54, 1.807) is 28.7 Å². The maximum atomic E-state index is 13.2. The molecule has 0 unspecified atom stereocenters. The number of ether oxygens (including phenoxy) is 1. The van der Waals surface area contributed by atoms with Crippen LogP contribution in [0.3, 0.4) is 0 Å². The molecule has 0 N–H and O–H groups in total. The summed E-state index contributed by atoms with van der Waals surface area (Å²) < 4.78 is 33.3. The van der Waals surface area contributed by atoms with Gasteiger partial charge in [0.05, 0.1) is 12.8 Å². The molecule has 1 fully saturated rings. The first kappa shape index (κ1) is 21.5. The quantitative estimate of drug-likeness (QED) is 0.653. The molecule has 2 aromatic rings. The molecule has 1 saturated heterocycles. The van der Waals surface area contributed by atoms with Crippen LogP contribution in [0, 0.1) is 0 Å². The molecule has 6 heteroatoms. The number of benzene rings is 2. The molecule has 1 aliphatic rings. The third kappa shape index (κ3) is 5.06. The molecule has 1 heterocycles. The van der Waals surface area contributed by atoms with Crippen LogP contribution in [0.25, 0.3) is 0 Å². The van der Waals surface area contributed by atoms with Gasteiger partial charge in [0.1, 0.15) is 10.6 Å². The van der Waals surface area contributed by atoms with Gasteiger partial charge in [-0.15, -0.1) is 0 Å². The summed E-state index contributed by atoms with van der Waals surface area (Å²) in [4.78, 5) is 4.71. The van der Waals surface area contributed by atoms with Crippen LogP contribution >= 0.6 is 0 Å². The zero-order valence-corrected chi connectivity index (χ0v) is 18.5. The largest absolute Gasteiger partial charge is 0.497 e. The standard InChI is InChI=1S/C23H30N2O3S/c1-23(2,3)19-10-8-18(9-11-19)17-24-21-13-12-20(28-4)16-22(21)29(26,27)25-14-6-5-7-15-25/h8-13,16-17H,5-7,14-15H2,1-4H3. The van der Waals surface area contributed by atoms with Crippen LogP contribution in [-0.2, 0) is 15.4 Å². The van der Waals surface area contributed by atoms with Crippen LogP contribution in [0.4, 0.5) is 5.69 Å². The summed E-state index contributed by atoms with van der Waals surface area (Å²) in [5, 5.41) is 0. The Balaban J connectivity index is 1.94. The molecule has 0 aliphatic carbocycles. The Morgan fingerprint density at radius 3 is 2.24 bits per heavy atom. The van der Waals surface area contributed by atoms with E-state index >= 15 is 0 Å². The third-order valence-corrected chi connectivity index (χ3v) is 7.16. The monoisotopic (exact) mass is 414 g/mol. The lowest BCUT2D eigenvalue weighted by atomic mass is 9.87. The molecule has 0 radical (unpaired) electrons. The Labute approximate surface area is 174 Å². The third-order valence-electron chi connectivity index (χ3n) is 5.23. The lowest BCUT2D eigenvalue weighted by Crippen LogP contribution is -2.35. The van der Waals surface area contributed by atoms with E-state index in [1.165, 1.54) is 12.7 Å². The second-order valence-corrected chi connectivity index (χ2v) is 10.3. The Bertz CT molecular complexity index is 968. The molecule has 0 atom stereocenters. The van der Waals surface area contributed by atoms with Gasteiger partial charge in [0.25, 0.3) is 0 Å². The number of piperidine rings is 1. The van der Waals surface area contributed by atoms with Crippen LogP contribution in [0.1, 0.15) is 51.2 Å². The molecule has 156 valence electrons. The number of methoxy groups -OCH3 is 1. The van der Waals surface area contributed by atoms with Crippen molar-refractivity contribution in [3.8, 4) is 5.75 Å². The molecule has 0 aromatic heterocycles. The van der Waals surface area contributed by atoms with Gasteiger partial charge >= 0.3 is 0 Å². The first-order valence-electron chi connectivity index (χ1n) is 10.0. The summed E-state index contributed by atoms with van der Waals surface area (Å²) in [7, 11) is -2.08. The predicted octanol–water partition coefficient (Wildman–Crippen LogP) is 4.92. The van der Waals surface area contributed by atoms with E-state index in [2.05, 4.69) is 37.9 Å². The Morgan fingerprint density at radius 2 is 1.66 bits per heavy atom. The minimum atomic E-state index is -3.62. The summed E-state index contributed by atoms with van der Waals surface area (Å²) >= 11 is 0. The molecule has 2 aromatic carbocycles. The number of rotatable bonds is 5. The van der Waals surface area contributed by atoms with Crippen molar-refractivity contribution in [2.75, 3.05) is 20.2 Å². The predicted molar refractivity (Wildman–Crippen MR) is 118 cm³/mol. The zero-order chi connectivity index (χ0) is 21.1. The molecule has 0 spiro atoms. The van der Waals surface area contributed by atoms with E-state index in [0.29, 0.717) is 24.5 Å². The van der Waals surface area contributed by atoms with Crippen molar-refractivity contribution in [3.63, 3.8) is 0 Å². The maximum absolute atomic E-state index is 13.2. The Morgan fingerprint density at radius 1 is 1.00 bits per heavy atom. The number of nitrogens with zero attached hydrogens (tertiary/aromatic N) is 2. The zero-order valence-electron chi connectivity index (χ0n) is 17.7. The summed E-state index contributed by atoms with van der Waals surface area (Å²) in [6.45, 7) is 7.62. The molecule has 0 bridgehead atoms. The molecular weight excluding hydrogens is 384 g/mol. The average molecular weight is 415 g/mol. The van der Waals surface area contributed by atoms with Crippen molar-refractivity contribution in [1.82, 2.24) is 4.31 Å². The fourth-order valence-corrected chi connectivity index (χ4v) is 5.06. The average Bonchev–Trinajstić information content (AvgIpc) is 2.72. The van der Waals surface area contributed by atoms with Gasteiger partial charge in [-0.1, -0.05) is 51.5 Å². The first-order valence-corrected chi connectivity index (χ1v) is 11.5. The fraction of sp³-hybridized carbons (Fsp3) is 0.435. The van der Waals surface area contributed by atoms with Crippen molar-refractivity contribution in [2.24, 2.45) is 4.99 Å². The smallest absolute Gasteiger partial charge is 0.245 e. The van der Waals surface area contributed by atoms with Gasteiger partial charge in [0.2, 0.25) is 10.0 Å². The summed E-state index contributed by atoms with van der Waals surface area (Å²) in [6, 6.07) is 13.2. The minimum Gasteiger partial charge on any atom is -0.497 e. The van der Waals surface area contributed by atoms with Gasteiger partial charge in [-0.25, -0.2) is 8.42 Å². The number of sulfonamides is 1. The molecule has 3 rings (SSSR count). The Hall–Kier alpha value is -2.18. The highest BCUT2D eigenvalue weighted by Gasteiger charge is 2.28. The normalized spacial score (nSPS) is 16.3. The number of hydrogen-bond donors (Lipinski definition) is 0. The van der Waals surface area contributed by atoms with Gasteiger partial charge in [0.15, 0.2) is 0 Å². The lowest BCUT2D eigenvalue weighted by molar-refractivity contribution is 0.346. The highest BCUT2D eigenvalue weighted by atomic mass is 32.2. The van der Waals surface area contributed by atoms with Gasteiger partial charge in [-0.3, -0.25) is 4.99 Å². The van der Waals surface area contributed by atoms with E-state index in [-0.39, 0.29) is 10.3 Å². The summed E-state index contributed by atoms with van der Waals surface area (Å²) in [6.07, 6.45) is 4.56. The number of hydrogen-bond acceptors (Lipinski definition) is 4. The van der Waals surface area contributed by atoms with E-state index in [0.717, 1.165) is 24.8 Å². The van der Waals surface area contributed by atoms with E-state index in [4.69, 9.17) is 4.74 Å². The highest BCUT2D eigenvalue weighted by Crippen LogP contribution is 2.32. The van der Waals surface area contributed by atoms with Crippen LogP contribution in [0.15, 0.2) is 52.4 Å². The minimum absolute atomic E-state index is 0.0847. The topological polar surface area (TPSA) is 59.0 Å². The maximum Gasteiger partial charge on any atom is 0.245 e. The van der Waals surface area contributed by atoms with Crippen LogP contribution < -0.4 is 4.74 Å². The second kappa shape index (κ2) is 8.67. The Kier molecular flexibility index (Phi) is 6.44. The summed E-state index contributed by atoms with van der Waals surface area (Å²) in [5.41, 5.74) is 2.68. The molecule has 1 aliphatic heterocycles. The molecule has 5 nitrogen and oxygen atoms in total. The van der Waals surface area contributed by atoms with Crippen molar-refractivity contribution in [2.45, 2.75) is 50.3 Å². The number of aliphatic imine (C=N–C) groups is 1. The van der Waals surface area contributed by atoms with Crippen molar-refractivity contribution in [1.29, 1.82) is 0 Å². The second-order valence-electron chi connectivity index (χ2n) is 8.43. The molecular formula is C23H30N2O3S. The van der Waals surface area contributed by atoms with Crippen molar-refractivity contribution >= 4 is 21.9 Å². The fourth-order valence-electron chi connectivity index (χ4n) is 3.39. The van der Waals surface area contributed by atoms with Gasteiger partial charge in [0, 0.05) is 25.4 Å². The highest BCUT2D eigenvalue weighted by molar-refractivity contribution is 7.89. The van der Waals surface area contributed by atoms with E-state index in [1.807, 2.05) is 12.1 Å².